The summed E-state index contributed by atoms with van der Waals surface area (Å²) in [4.78, 5) is 21.9. The number of rotatable bonds is 5. The smallest absolute Gasteiger partial charge is 0.238 e. The van der Waals surface area contributed by atoms with E-state index in [1.165, 1.54) is 11.1 Å². The zero-order chi connectivity index (χ0) is 24.5. The molecule has 6 rings (SSSR count). The normalized spacial score (nSPS) is 23.4. The molecule has 3 aliphatic rings. The maximum Gasteiger partial charge on any atom is 0.238 e. The van der Waals surface area contributed by atoms with Gasteiger partial charge in [0.2, 0.25) is 5.91 Å². The molecule has 2 fully saturated rings. The first kappa shape index (κ1) is 23.5. The molecule has 0 spiro atoms. The second kappa shape index (κ2) is 10.2. The van der Waals surface area contributed by atoms with Gasteiger partial charge in [0.1, 0.15) is 5.82 Å². The van der Waals surface area contributed by atoms with Crippen LogP contribution in [0.1, 0.15) is 33.7 Å². The molecule has 6 nitrogen and oxygen atoms in total. The minimum Gasteiger partial charge on any atom is -0.362 e. The molecule has 1 amide bonds. The summed E-state index contributed by atoms with van der Waals surface area (Å²) in [5.74, 6) is 0.632. The SMILES string of the molecule is O=C(NCCN1CCN2c3ccc(F)cc3Cc3ccccc3[C@@H]2C1)[C@@H]1CSC(c2cccnc2)N1. The Kier molecular flexibility index (Phi) is 6.65. The van der Waals surface area contributed by atoms with E-state index in [4.69, 9.17) is 0 Å². The van der Waals surface area contributed by atoms with E-state index in [0.717, 1.165) is 55.2 Å². The average Bonchev–Trinajstić information content (AvgIpc) is 3.36. The molecule has 0 saturated carbocycles. The Balaban J connectivity index is 1.08. The van der Waals surface area contributed by atoms with Crippen LogP contribution in [0.25, 0.3) is 0 Å². The number of nitrogens with zero attached hydrogens (tertiary/aromatic N) is 3. The van der Waals surface area contributed by atoms with Crippen molar-refractivity contribution in [3.8, 4) is 0 Å². The van der Waals surface area contributed by atoms with Crippen LogP contribution in [-0.2, 0) is 11.2 Å². The number of hydrogen-bond donors (Lipinski definition) is 2. The van der Waals surface area contributed by atoms with Crippen LogP contribution in [0, 0.1) is 5.82 Å². The molecule has 0 bridgehead atoms. The second-order valence-electron chi connectivity index (χ2n) is 9.67. The number of thioether (sulfide) groups is 1. The molecular formula is C28H30FN5OS. The number of nitrogens with one attached hydrogen (secondary N) is 2. The van der Waals surface area contributed by atoms with Crippen LogP contribution in [0.5, 0.6) is 0 Å². The van der Waals surface area contributed by atoms with E-state index >= 15 is 0 Å². The lowest BCUT2D eigenvalue weighted by Crippen LogP contribution is -2.51. The molecule has 2 aromatic carbocycles. The first-order valence-corrected chi connectivity index (χ1v) is 13.6. The second-order valence-corrected chi connectivity index (χ2v) is 10.8. The molecule has 2 N–H and O–H groups in total. The van der Waals surface area contributed by atoms with Gasteiger partial charge in [0.05, 0.1) is 17.5 Å². The minimum absolute atomic E-state index is 0.0586. The lowest BCUT2D eigenvalue weighted by atomic mass is 9.96. The van der Waals surface area contributed by atoms with Crippen LogP contribution < -0.4 is 15.5 Å². The average molecular weight is 504 g/mol. The van der Waals surface area contributed by atoms with Crippen molar-refractivity contribution in [2.24, 2.45) is 0 Å². The molecule has 4 heterocycles. The summed E-state index contributed by atoms with van der Waals surface area (Å²) >= 11 is 1.75. The van der Waals surface area contributed by atoms with Crippen LogP contribution in [-0.4, -0.2) is 60.3 Å². The van der Waals surface area contributed by atoms with Crippen molar-refractivity contribution in [3.63, 3.8) is 0 Å². The van der Waals surface area contributed by atoms with E-state index in [-0.39, 0.29) is 29.2 Å². The predicted molar refractivity (Wildman–Crippen MR) is 142 cm³/mol. The summed E-state index contributed by atoms with van der Waals surface area (Å²) in [6.07, 6.45) is 4.36. The highest BCUT2D eigenvalue weighted by Crippen LogP contribution is 2.39. The highest BCUT2D eigenvalue weighted by atomic mass is 32.2. The number of fused-ring (bicyclic) bond motifs is 5. The number of pyridine rings is 1. The Labute approximate surface area is 215 Å². The third kappa shape index (κ3) is 4.73. The summed E-state index contributed by atoms with van der Waals surface area (Å²) in [6, 6.07) is 17.7. The Morgan fingerprint density at radius 3 is 2.94 bits per heavy atom. The number of aromatic nitrogens is 1. The van der Waals surface area contributed by atoms with Gasteiger partial charge >= 0.3 is 0 Å². The van der Waals surface area contributed by atoms with Crippen molar-refractivity contribution in [2.45, 2.75) is 23.9 Å². The maximum atomic E-state index is 14.0. The number of carbonyl (C=O) groups excluding carboxylic acids is 1. The highest BCUT2D eigenvalue weighted by Gasteiger charge is 2.34. The fraction of sp³-hybridized carbons (Fsp3) is 0.357. The number of halogens is 1. The van der Waals surface area contributed by atoms with Gasteiger partial charge in [0.15, 0.2) is 0 Å². The van der Waals surface area contributed by atoms with Crippen molar-refractivity contribution < 1.29 is 9.18 Å². The van der Waals surface area contributed by atoms with Crippen molar-refractivity contribution >= 4 is 23.4 Å². The van der Waals surface area contributed by atoms with Gasteiger partial charge in [-0.2, -0.15) is 0 Å². The number of amides is 1. The summed E-state index contributed by atoms with van der Waals surface area (Å²) in [6.45, 7) is 4.09. The lowest BCUT2D eigenvalue weighted by Gasteiger charge is -2.43. The standard InChI is InChI=1S/C28H30FN5OS/c29-22-7-8-25-21(15-22)14-19-4-1-2-6-23(19)26-17-33(12-13-34(25)26)11-10-31-27(35)24-18-36-28(32-24)20-5-3-9-30-16-20/h1-9,15-16,24,26,28,32H,10-14,17-18H2,(H,31,35)/t24-,26-,28?/m0/s1. The zero-order valence-corrected chi connectivity index (χ0v) is 20.9. The number of benzene rings is 2. The summed E-state index contributed by atoms with van der Waals surface area (Å²) < 4.78 is 14.0. The van der Waals surface area contributed by atoms with Crippen molar-refractivity contribution in [3.05, 3.63) is 95.1 Å². The van der Waals surface area contributed by atoms with Crippen molar-refractivity contribution in [1.29, 1.82) is 0 Å². The molecule has 1 unspecified atom stereocenters. The van der Waals surface area contributed by atoms with Gasteiger partial charge < -0.3 is 10.2 Å². The Hall–Kier alpha value is -2.94. The molecule has 3 aromatic rings. The summed E-state index contributed by atoms with van der Waals surface area (Å²) in [7, 11) is 0. The highest BCUT2D eigenvalue weighted by molar-refractivity contribution is 7.99. The van der Waals surface area contributed by atoms with Gasteiger partial charge in [0.25, 0.3) is 0 Å². The van der Waals surface area contributed by atoms with E-state index in [1.807, 2.05) is 24.4 Å². The molecular weight excluding hydrogens is 473 g/mol. The predicted octanol–water partition coefficient (Wildman–Crippen LogP) is 3.51. The molecule has 36 heavy (non-hydrogen) atoms. The third-order valence-corrected chi connectivity index (χ3v) is 8.69. The van der Waals surface area contributed by atoms with Gasteiger partial charge in [-0.25, -0.2) is 4.39 Å². The molecule has 2 saturated heterocycles. The van der Waals surface area contributed by atoms with E-state index in [1.54, 1.807) is 30.1 Å². The minimum atomic E-state index is -0.192. The van der Waals surface area contributed by atoms with Gasteiger partial charge in [-0.15, -0.1) is 11.8 Å². The van der Waals surface area contributed by atoms with Gasteiger partial charge in [-0.1, -0.05) is 30.3 Å². The lowest BCUT2D eigenvalue weighted by molar-refractivity contribution is -0.122. The number of carbonyl (C=O) groups is 1. The van der Waals surface area contributed by atoms with Crippen molar-refractivity contribution in [1.82, 2.24) is 20.5 Å². The Morgan fingerprint density at radius 1 is 1.14 bits per heavy atom. The number of piperazine rings is 1. The number of anilines is 1. The maximum absolute atomic E-state index is 14.0. The van der Waals surface area contributed by atoms with E-state index in [9.17, 15) is 9.18 Å². The van der Waals surface area contributed by atoms with Gasteiger partial charge in [0, 0.05) is 56.6 Å². The summed E-state index contributed by atoms with van der Waals surface area (Å²) in [5, 5.41) is 6.68. The molecule has 3 aliphatic heterocycles. The van der Waals surface area contributed by atoms with E-state index < -0.39 is 0 Å². The first-order chi connectivity index (χ1) is 17.7. The fourth-order valence-electron chi connectivity index (χ4n) is 5.61. The monoisotopic (exact) mass is 503 g/mol. The van der Waals surface area contributed by atoms with Crippen LogP contribution in [0.2, 0.25) is 0 Å². The van der Waals surface area contributed by atoms with Crippen LogP contribution >= 0.6 is 11.8 Å². The van der Waals surface area contributed by atoms with Gasteiger partial charge in [-0.3, -0.25) is 20.0 Å². The third-order valence-electron chi connectivity index (χ3n) is 7.42. The van der Waals surface area contributed by atoms with Crippen LogP contribution in [0.4, 0.5) is 10.1 Å². The van der Waals surface area contributed by atoms with Crippen molar-refractivity contribution in [2.75, 3.05) is 43.4 Å². The number of hydrogen-bond acceptors (Lipinski definition) is 6. The fourth-order valence-corrected chi connectivity index (χ4v) is 6.83. The Morgan fingerprint density at radius 2 is 2.06 bits per heavy atom. The molecule has 1 aromatic heterocycles. The van der Waals surface area contributed by atoms with E-state index in [2.05, 4.69) is 49.7 Å². The van der Waals surface area contributed by atoms with Crippen LogP contribution in [0.15, 0.2) is 67.0 Å². The topological polar surface area (TPSA) is 60.5 Å². The van der Waals surface area contributed by atoms with E-state index in [0.29, 0.717) is 6.54 Å². The molecule has 0 aliphatic carbocycles. The molecule has 3 atom stereocenters. The Bertz CT molecular complexity index is 1240. The first-order valence-electron chi connectivity index (χ1n) is 12.6. The quantitative estimate of drug-likeness (QED) is 0.556. The zero-order valence-electron chi connectivity index (χ0n) is 20.1. The molecule has 186 valence electrons. The molecule has 0 radical (unpaired) electrons. The van der Waals surface area contributed by atoms with Crippen LogP contribution in [0.3, 0.4) is 0 Å². The van der Waals surface area contributed by atoms with Gasteiger partial charge in [-0.05, 0) is 52.9 Å². The largest absolute Gasteiger partial charge is 0.362 e. The summed E-state index contributed by atoms with van der Waals surface area (Å²) in [5.41, 5.74) is 5.87. The molecule has 8 heteroatoms.